The van der Waals surface area contributed by atoms with Crippen molar-refractivity contribution in [3.63, 3.8) is 0 Å². The monoisotopic (exact) mass is 228 g/mol. The molecule has 16 heavy (non-hydrogen) atoms. The Morgan fingerprint density at radius 3 is 2.50 bits per heavy atom. The van der Waals surface area contributed by atoms with Gasteiger partial charge in [-0.2, -0.15) is 0 Å². The third-order valence-electron chi connectivity index (χ3n) is 2.99. The van der Waals surface area contributed by atoms with Crippen LogP contribution in [0.4, 0.5) is 0 Å². The molecule has 0 saturated carbocycles. The standard InChI is InChI=1S/C12H24N2O2/c1-10(9-16-3)13-11(2)12(15)14-7-5-4-6-8-14/h10-11,13H,4-9H2,1-3H3/t10?,11-/m0/s1. The molecule has 1 unspecified atom stereocenters. The molecule has 0 aliphatic carbocycles. The molecule has 94 valence electrons. The summed E-state index contributed by atoms with van der Waals surface area (Å²) in [6.45, 7) is 6.44. The van der Waals surface area contributed by atoms with E-state index in [-0.39, 0.29) is 18.0 Å². The van der Waals surface area contributed by atoms with Crippen LogP contribution < -0.4 is 5.32 Å². The first kappa shape index (κ1) is 13.5. The number of carbonyl (C=O) groups excluding carboxylic acids is 1. The third-order valence-corrected chi connectivity index (χ3v) is 2.99. The number of carbonyl (C=O) groups is 1. The lowest BCUT2D eigenvalue weighted by atomic mass is 10.1. The van der Waals surface area contributed by atoms with Gasteiger partial charge in [-0.3, -0.25) is 4.79 Å². The Morgan fingerprint density at radius 2 is 1.94 bits per heavy atom. The van der Waals surface area contributed by atoms with E-state index in [1.54, 1.807) is 7.11 Å². The third kappa shape index (κ3) is 4.10. The number of hydrogen-bond acceptors (Lipinski definition) is 3. The minimum Gasteiger partial charge on any atom is -0.383 e. The Kier molecular flexibility index (Phi) is 5.77. The van der Waals surface area contributed by atoms with Gasteiger partial charge in [-0.15, -0.1) is 0 Å². The quantitative estimate of drug-likeness (QED) is 0.763. The van der Waals surface area contributed by atoms with Crippen LogP contribution in [0, 0.1) is 0 Å². The zero-order chi connectivity index (χ0) is 12.0. The lowest BCUT2D eigenvalue weighted by Crippen LogP contribution is -2.49. The minimum atomic E-state index is -0.108. The molecule has 1 rings (SSSR count). The largest absolute Gasteiger partial charge is 0.383 e. The Balaban J connectivity index is 2.34. The molecular weight excluding hydrogens is 204 g/mol. The number of rotatable bonds is 5. The lowest BCUT2D eigenvalue weighted by molar-refractivity contribution is -0.134. The van der Waals surface area contributed by atoms with Gasteiger partial charge >= 0.3 is 0 Å². The van der Waals surface area contributed by atoms with Gasteiger partial charge in [0.1, 0.15) is 0 Å². The summed E-state index contributed by atoms with van der Waals surface area (Å²) in [5.41, 5.74) is 0. The molecule has 1 fully saturated rings. The fourth-order valence-electron chi connectivity index (χ4n) is 2.18. The Morgan fingerprint density at radius 1 is 1.31 bits per heavy atom. The van der Waals surface area contributed by atoms with Gasteiger partial charge in [0.25, 0.3) is 0 Å². The zero-order valence-electron chi connectivity index (χ0n) is 10.7. The van der Waals surface area contributed by atoms with E-state index in [0.29, 0.717) is 6.61 Å². The SMILES string of the molecule is COCC(C)N[C@@H](C)C(=O)N1CCCCC1. The number of hydrogen-bond donors (Lipinski definition) is 1. The van der Waals surface area contributed by atoms with Crippen LogP contribution in [0.25, 0.3) is 0 Å². The number of methoxy groups -OCH3 is 1. The summed E-state index contributed by atoms with van der Waals surface area (Å²) in [5.74, 6) is 0.225. The Hall–Kier alpha value is -0.610. The second kappa shape index (κ2) is 6.86. The second-order valence-electron chi connectivity index (χ2n) is 4.63. The maximum atomic E-state index is 12.1. The maximum absolute atomic E-state index is 12.1. The van der Waals surface area contributed by atoms with E-state index in [4.69, 9.17) is 4.74 Å². The summed E-state index contributed by atoms with van der Waals surface area (Å²) in [5, 5.41) is 3.26. The van der Waals surface area contributed by atoms with E-state index < -0.39 is 0 Å². The van der Waals surface area contributed by atoms with Gasteiger partial charge in [0, 0.05) is 26.2 Å². The van der Waals surface area contributed by atoms with E-state index in [1.807, 2.05) is 18.7 Å². The van der Waals surface area contributed by atoms with Crippen LogP contribution in [0.3, 0.4) is 0 Å². The van der Waals surface area contributed by atoms with Crippen LogP contribution in [0.1, 0.15) is 33.1 Å². The van der Waals surface area contributed by atoms with E-state index in [0.717, 1.165) is 25.9 Å². The van der Waals surface area contributed by atoms with Crippen molar-refractivity contribution in [3.8, 4) is 0 Å². The molecule has 0 aromatic heterocycles. The molecule has 0 radical (unpaired) electrons. The summed E-state index contributed by atoms with van der Waals surface area (Å²) < 4.78 is 5.04. The van der Waals surface area contributed by atoms with Gasteiger partial charge < -0.3 is 15.0 Å². The van der Waals surface area contributed by atoms with Crippen molar-refractivity contribution in [1.29, 1.82) is 0 Å². The van der Waals surface area contributed by atoms with E-state index in [9.17, 15) is 4.79 Å². The van der Waals surface area contributed by atoms with E-state index in [1.165, 1.54) is 6.42 Å². The van der Waals surface area contributed by atoms with Crippen LogP contribution in [0.15, 0.2) is 0 Å². The summed E-state index contributed by atoms with van der Waals surface area (Å²) >= 11 is 0. The fourth-order valence-corrected chi connectivity index (χ4v) is 2.18. The first-order chi connectivity index (χ1) is 7.65. The molecule has 1 heterocycles. The highest BCUT2D eigenvalue weighted by molar-refractivity contribution is 5.81. The summed E-state index contributed by atoms with van der Waals surface area (Å²) in [6.07, 6.45) is 3.55. The van der Waals surface area contributed by atoms with Crippen molar-refractivity contribution < 1.29 is 9.53 Å². The van der Waals surface area contributed by atoms with Gasteiger partial charge in [0.2, 0.25) is 5.91 Å². The smallest absolute Gasteiger partial charge is 0.239 e. The van der Waals surface area contributed by atoms with Crippen molar-refractivity contribution in [2.45, 2.75) is 45.2 Å². The number of nitrogens with one attached hydrogen (secondary N) is 1. The molecule has 1 aliphatic rings. The Bertz CT molecular complexity index is 215. The van der Waals surface area contributed by atoms with Crippen LogP contribution in [-0.2, 0) is 9.53 Å². The highest BCUT2D eigenvalue weighted by Gasteiger charge is 2.22. The van der Waals surface area contributed by atoms with Crippen molar-refractivity contribution in [2.75, 3.05) is 26.8 Å². The molecule has 0 spiro atoms. The first-order valence-corrected chi connectivity index (χ1v) is 6.19. The molecule has 2 atom stereocenters. The lowest BCUT2D eigenvalue weighted by Gasteiger charge is -2.30. The Labute approximate surface area is 98.3 Å². The number of ether oxygens (including phenoxy) is 1. The molecule has 1 amide bonds. The van der Waals surface area contributed by atoms with E-state index in [2.05, 4.69) is 5.32 Å². The van der Waals surface area contributed by atoms with Gasteiger partial charge in [-0.05, 0) is 33.1 Å². The molecule has 0 aromatic carbocycles. The average Bonchev–Trinajstić information content (AvgIpc) is 2.29. The fraction of sp³-hybridized carbons (Fsp3) is 0.917. The summed E-state index contributed by atoms with van der Waals surface area (Å²) in [6, 6.07) is 0.108. The van der Waals surface area contributed by atoms with Gasteiger partial charge in [0.05, 0.1) is 12.6 Å². The second-order valence-corrected chi connectivity index (χ2v) is 4.63. The molecule has 1 saturated heterocycles. The summed E-state index contributed by atoms with van der Waals surface area (Å²) in [7, 11) is 1.68. The van der Waals surface area contributed by atoms with Crippen LogP contribution in [0.5, 0.6) is 0 Å². The normalized spacial score (nSPS) is 20.6. The van der Waals surface area contributed by atoms with Crippen molar-refractivity contribution in [2.24, 2.45) is 0 Å². The zero-order valence-corrected chi connectivity index (χ0v) is 10.7. The highest BCUT2D eigenvalue weighted by Crippen LogP contribution is 2.10. The molecule has 0 bridgehead atoms. The topological polar surface area (TPSA) is 41.6 Å². The summed E-state index contributed by atoms with van der Waals surface area (Å²) in [4.78, 5) is 14.0. The van der Waals surface area contributed by atoms with Crippen LogP contribution >= 0.6 is 0 Å². The number of amides is 1. The van der Waals surface area contributed by atoms with Crippen molar-refractivity contribution in [1.82, 2.24) is 10.2 Å². The van der Waals surface area contributed by atoms with Gasteiger partial charge in [-0.25, -0.2) is 0 Å². The molecule has 1 N–H and O–H groups in total. The average molecular weight is 228 g/mol. The highest BCUT2D eigenvalue weighted by atomic mass is 16.5. The van der Waals surface area contributed by atoms with Crippen molar-refractivity contribution >= 4 is 5.91 Å². The molecule has 4 heteroatoms. The van der Waals surface area contributed by atoms with Crippen LogP contribution in [0.2, 0.25) is 0 Å². The first-order valence-electron chi connectivity index (χ1n) is 6.19. The van der Waals surface area contributed by atoms with Crippen LogP contribution in [-0.4, -0.2) is 49.7 Å². The predicted octanol–water partition coefficient (Wildman–Crippen LogP) is 1.01. The maximum Gasteiger partial charge on any atom is 0.239 e. The number of piperidine rings is 1. The number of nitrogens with zero attached hydrogens (tertiary/aromatic N) is 1. The van der Waals surface area contributed by atoms with Gasteiger partial charge in [-0.1, -0.05) is 0 Å². The van der Waals surface area contributed by atoms with Crippen molar-refractivity contribution in [3.05, 3.63) is 0 Å². The molecular formula is C12H24N2O2. The number of likely N-dealkylation sites (tertiary alicyclic amines) is 1. The molecule has 0 aromatic rings. The predicted molar refractivity (Wildman–Crippen MR) is 64.4 cm³/mol. The minimum absolute atomic E-state index is 0.108. The van der Waals surface area contributed by atoms with E-state index >= 15 is 0 Å². The molecule has 1 aliphatic heterocycles. The van der Waals surface area contributed by atoms with Gasteiger partial charge in [0.15, 0.2) is 0 Å². The molecule has 4 nitrogen and oxygen atoms in total.